The normalized spacial score (nSPS) is 20.2. The van der Waals surface area contributed by atoms with Gasteiger partial charge in [0.05, 0.1) is 10.7 Å². The zero-order chi connectivity index (χ0) is 15.5. The molecule has 2 fully saturated rings. The van der Waals surface area contributed by atoms with Gasteiger partial charge in [0.2, 0.25) is 5.91 Å². The Bertz CT molecular complexity index is 537. The smallest absolute Gasteiger partial charge is 0.225 e. The maximum absolute atomic E-state index is 12.6. The lowest BCUT2D eigenvalue weighted by Crippen LogP contribution is -2.44. The number of halogens is 1. The van der Waals surface area contributed by atoms with Gasteiger partial charge in [-0.1, -0.05) is 11.6 Å². The lowest BCUT2D eigenvalue weighted by molar-refractivity contribution is -0.137. The Morgan fingerprint density at radius 2 is 1.86 bits per heavy atom. The van der Waals surface area contributed by atoms with Crippen LogP contribution in [0.5, 0.6) is 0 Å². The lowest BCUT2D eigenvalue weighted by Gasteiger charge is -2.36. The molecule has 1 aromatic heterocycles. The summed E-state index contributed by atoms with van der Waals surface area (Å²) >= 11 is 6.22. The molecule has 22 heavy (non-hydrogen) atoms. The molecule has 0 unspecified atom stereocenters. The first-order valence-corrected chi connectivity index (χ1v) is 8.47. The van der Waals surface area contributed by atoms with E-state index in [0.717, 1.165) is 57.5 Å². The van der Waals surface area contributed by atoms with Crippen LogP contribution >= 0.6 is 11.6 Å². The van der Waals surface area contributed by atoms with Gasteiger partial charge in [0.15, 0.2) is 0 Å². The summed E-state index contributed by atoms with van der Waals surface area (Å²) in [5, 5.41) is 0.620. The third kappa shape index (κ3) is 3.29. The van der Waals surface area contributed by atoms with Crippen molar-refractivity contribution >= 4 is 29.0 Å². The molecular formula is C16H23ClN4O. The molecule has 3 heterocycles. The molecule has 1 amide bonds. The van der Waals surface area contributed by atoms with Crippen LogP contribution in [0, 0.1) is 5.92 Å². The minimum Gasteiger partial charge on any atom is -0.384 e. The van der Waals surface area contributed by atoms with Crippen LogP contribution in [0.2, 0.25) is 5.02 Å². The standard InChI is InChI=1S/C16H23ClN4O/c17-13-11-19-15(18)10-14(13)20-8-4-12(5-9-20)16(22)21-6-2-1-3-7-21/h10-12H,1-9H2,(H2,18,19). The third-order valence-electron chi connectivity index (χ3n) is 4.71. The molecule has 2 aliphatic rings. The molecule has 0 saturated carbocycles. The number of hydrogen-bond donors (Lipinski definition) is 1. The molecule has 0 spiro atoms. The molecule has 0 bridgehead atoms. The summed E-state index contributed by atoms with van der Waals surface area (Å²) in [4.78, 5) is 20.8. The average molecular weight is 323 g/mol. The first-order chi connectivity index (χ1) is 10.6. The molecule has 2 N–H and O–H groups in total. The number of piperidine rings is 2. The molecule has 120 valence electrons. The number of carbonyl (C=O) groups is 1. The molecule has 2 saturated heterocycles. The summed E-state index contributed by atoms with van der Waals surface area (Å²) < 4.78 is 0. The highest BCUT2D eigenvalue weighted by Crippen LogP contribution is 2.31. The minimum atomic E-state index is 0.160. The van der Waals surface area contributed by atoms with Crippen LogP contribution in [0.25, 0.3) is 0 Å². The number of aromatic nitrogens is 1. The summed E-state index contributed by atoms with van der Waals surface area (Å²) in [5.74, 6) is 0.984. The molecule has 3 rings (SSSR count). The third-order valence-corrected chi connectivity index (χ3v) is 5.00. The Morgan fingerprint density at radius 3 is 2.55 bits per heavy atom. The van der Waals surface area contributed by atoms with Gasteiger partial charge >= 0.3 is 0 Å². The number of amides is 1. The van der Waals surface area contributed by atoms with Crippen molar-refractivity contribution in [1.29, 1.82) is 0 Å². The van der Waals surface area contributed by atoms with E-state index in [1.165, 1.54) is 6.42 Å². The van der Waals surface area contributed by atoms with Crippen LogP contribution in [0.4, 0.5) is 11.5 Å². The van der Waals surface area contributed by atoms with Gasteiger partial charge in [0.25, 0.3) is 0 Å². The number of hydrogen-bond acceptors (Lipinski definition) is 4. The Hall–Kier alpha value is -1.49. The van der Waals surface area contributed by atoms with E-state index in [0.29, 0.717) is 16.7 Å². The van der Waals surface area contributed by atoms with Crippen molar-refractivity contribution in [2.45, 2.75) is 32.1 Å². The largest absolute Gasteiger partial charge is 0.384 e. The fourth-order valence-corrected chi connectivity index (χ4v) is 3.65. The predicted molar refractivity (Wildman–Crippen MR) is 89.0 cm³/mol. The molecule has 1 aromatic rings. The quantitative estimate of drug-likeness (QED) is 0.909. The van der Waals surface area contributed by atoms with Gasteiger partial charge in [-0.05, 0) is 32.1 Å². The maximum Gasteiger partial charge on any atom is 0.225 e. The molecular weight excluding hydrogens is 300 g/mol. The lowest BCUT2D eigenvalue weighted by atomic mass is 9.94. The van der Waals surface area contributed by atoms with Crippen molar-refractivity contribution in [1.82, 2.24) is 9.88 Å². The van der Waals surface area contributed by atoms with E-state index in [9.17, 15) is 4.79 Å². The number of rotatable bonds is 2. The molecule has 6 heteroatoms. The van der Waals surface area contributed by atoms with Crippen LogP contribution < -0.4 is 10.6 Å². The van der Waals surface area contributed by atoms with Crippen molar-refractivity contribution < 1.29 is 4.79 Å². The van der Waals surface area contributed by atoms with Crippen LogP contribution in [0.1, 0.15) is 32.1 Å². The summed E-state index contributed by atoms with van der Waals surface area (Å²) in [5.41, 5.74) is 6.68. The molecule has 0 atom stereocenters. The highest BCUT2D eigenvalue weighted by atomic mass is 35.5. The number of nitrogens with zero attached hydrogens (tertiary/aromatic N) is 3. The Kier molecular flexibility index (Phi) is 4.71. The van der Waals surface area contributed by atoms with Crippen molar-refractivity contribution in [2.24, 2.45) is 5.92 Å². The summed E-state index contributed by atoms with van der Waals surface area (Å²) in [6.45, 7) is 3.55. The summed E-state index contributed by atoms with van der Waals surface area (Å²) in [7, 11) is 0. The summed E-state index contributed by atoms with van der Waals surface area (Å²) in [6.07, 6.45) is 6.91. The number of nitrogens with two attached hydrogens (primary N) is 1. The van der Waals surface area contributed by atoms with E-state index in [4.69, 9.17) is 17.3 Å². The highest BCUT2D eigenvalue weighted by Gasteiger charge is 2.29. The second-order valence-corrected chi connectivity index (χ2v) is 6.62. The number of nitrogen functional groups attached to an aromatic ring is 1. The molecule has 0 radical (unpaired) electrons. The van der Waals surface area contributed by atoms with Crippen LogP contribution in [-0.4, -0.2) is 42.0 Å². The highest BCUT2D eigenvalue weighted by molar-refractivity contribution is 6.33. The number of anilines is 2. The van der Waals surface area contributed by atoms with Crippen molar-refractivity contribution in [3.8, 4) is 0 Å². The summed E-state index contributed by atoms with van der Waals surface area (Å²) in [6, 6.07) is 1.81. The zero-order valence-electron chi connectivity index (χ0n) is 12.8. The monoisotopic (exact) mass is 322 g/mol. The van der Waals surface area contributed by atoms with Gasteiger partial charge in [0, 0.05) is 44.4 Å². The second-order valence-electron chi connectivity index (χ2n) is 6.21. The predicted octanol–water partition coefficient (Wildman–Crippen LogP) is 2.55. The van der Waals surface area contributed by atoms with Gasteiger partial charge in [-0.3, -0.25) is 4.79 Å². The Morgan fingerprint density at radius 1 is 1.18 bits per heavy atom. The van der Waals surface area contributed by atoms with Crippen molar-refractivity contribution in [2.75, 3.05) is 36.8 Å². The zero-order valence-corrected chi connectivity index (χ0v) is 13.6. The molecule has 2 aliphatic heterocycles. The van der Waals surface area contributed by atoms with Crippen molar-refractivity contribution in [3.63, 3.8) is 0 Å². The Labute approximate surface area is 136 Å². The molecule has 0 aliphatic carbocycles. The maximum atomic E-state index is 12.6. The fraction of sp³-hybridized carbons (Fsp3) is 0.625. The number of likely N-dealkylation sites (tertiary alicyclic amines) is 1. The van der Waals surface area contributed by atoms with Gasteiger partial charge in [0.1, 0.15) is 5.82 Å². The van der Waals surface area contributed by atoms with E-state index in [-0.39, 0.29) is 5.92 Å². The first kappa shape index (κ1) is 15.4. The van der Waals surface area contributed by atoms with Gasteiger partial charge in [-0.15, -0.1) is 0 Å². The van der Waals surface area contributed by atoms with Gasteiger partial charge in [-0.25, -0.2) is 4.98 Å². The molecule has 0 aromatic carbocycles. The SMILES string of the molecule is Nc1cc(N2CCC(C(=O)N3CCCCC3)CC2)c(Cl)cn1. The van der Waals surface area contributed by atoms with Gasteiger partial charge < -0.3 is 15.5 Å². The van der Waals surface area contributed by atoms with Crippen LogP contribution in [-0.2, 0) is 4.79 Å². The van der Waals surface area contributed by atoms with E-state index >= 15 is 0 Å². The second kappa shape index (κ2) is 6.73. The van der Waals surface area contributed by atoms with E-state index < -0.39 is 0 Å². The van der Waals surface area contributed by atoms with Crippen molar-refractivity contribution in [3.05, 3.63) is 17.3 Å². The van der Waals surface area contributed by atoms with E-state index in [1.807, 2.05) is 6.07 Å². The topological polar surface area (TPSA) is 62.5 Å². The first-order valence-electron chi connectivity index (χ1n) is 8.10. The number of pyridine rings is 1. The number of carbonyl (C=O) groups excluding carboxylic acids is 1. The van der Waals surface area contributed by atoms with E-state index in [1.54, 1.807) is 6.20 Å². The van der Waals surface area contributed by atoms with E-state index in [2.05, 4.69) is 14.8 Å². The Balaban J connectivity index is 1.60. The molecule has 5 nitrogen and oxygen atoms in total. The minimum absolute atomic E-state index is 0.160. The fourth-order valence-electron chi connectivity index (χ4n) is 3.43. The van der Waals surface area contributed by atoms with Gasteiger partial charge in [-0.2, -0.15) is 0 Å². The van der Waals surface area contributed by atoms with Crippen LogP contribution in [0.3, 0.4) is 0 Å². The average Bonchev–Trinajstić information content (AvgIpc) is 2.57. The van der Waals surface area contributed by atoms with Crippen LogP contribution in [0.15, 0.2) is 12.3 Å².